The topological polar surface area (TPSA) is 89.7 Å². The highest BCUT2D eigenvalue weighted by Crippen LogP contribution is 2.23. The molecule has 1 aliphatic rings. The second-order valence-corrected chi connectivity index (χ2v) is 7.64. The van der Waals surface area contributed by atoms with Gasteiger partial charge in [-0.15, -0.1) is 12.4 Å². The molecule has 6 nitrogen and oxygen atoms in total. The van der Waals surface area contributed by atoms with Crippen molar-refractivity contribution in [2.75, 3.05) is 32.6 Å². The zero-order chi connectivity index (χ0) is 13.3. The third kappa shape index (κ3) is 3.57. The largest absolute Gasteiger partial charge is 0.383 e. The van der Waals surface area contributed by atoms with Crippen LogP contribution in [0.1, 0.15) is 13.8 Å². The molecule has 0 bridgehead atoms. The molecule has 0 radical (unpaired) electrons. The zero-order valence-corrected chi connectivity index (χ0v) is 12.5. The molecule has 8 heteroatoms. The van der Waals surface area contributed by atoms with Crippen LogP contribution in [-0.2, 0) is 19.4 Å². The zero-order valence-electron chi connectivity index (χ0n) is 10.9. The number of hydrogen-bond acceptors (Lipinski definition) is 5. The highest BCUT2D eigenvalue weighted by Gasteiger charge is 2.42. The van der Waals surface area contributed by atoms with E-state index in [-0.39, 0.29) is 43.8 Å². The number of methoxy groups -OCH3 is 1. The van der Waals surface area contributed by atoms with Gasteiger partial charge in [-0.25, -0.2) is 8.42 Å². The number of amides is 1. The molecule has 0 aromatic carbocycles. The fraction of sp³-hybridized carbons (Fsp3) is 0.900. The molecule has 0 spiro atoms. The summed E-state index contributed by atoms with van der Waals surface area (Å²) in [6.07, 6.45) is 0. The minimum absolute atomic E-state index is 0. The van der Waals surface area contributed by atoms with Crippen molar-refractivity contribution in [2.45, 2.75) is 24.6 Å². The summed E-state index contributed by atoms with van der Waals surface area (Å²) in [4.78, 5) is 13.4. The smallest absolute Gasteiger partial charge is 0.241 e. The molecular weight excluding hydrogens is 280 g/mol. The Kier molecular flexibility index (Phi) is 6.06. The predicted molar refractivity (Wildman–Crippen MR) is 71.5 cm³/mol. The molecule has 0 aromatic heterocycles. The Bertz CT molecular complexity index is 397. The van der Waals surface area contributed by atoms with Gasteiger partial charge in [0, 0.05) is 20.2 Å². The van der Waals surface area contributed by atoms with Crippen LogP contribution in [0, 0.1) is 0 Å². The van der Waals surface area contributed by atoms with Crippen molar-refractivity contribution in [3.8, 4) is 0 Å². The van der Waals surface area contributed by atoms with E-state index in [1.54, 1.807) is 13.8 Å². The van der Waals surface area contributed by atoms with Gasteiger partial charge in [-0.2, -0.15) is 0 Å². The minimum Gasteiger partial charge on any atom is -0.383 e. The van der Waals surface area contributed by atoms with Crippen molar-refractivity contribution in [1.29, 1.82) is 0 Å². The van der Waals surface area contributed by atoms with Crippen LogP contribution >= 0.6 is 12.4 Å². The maximum atomic E-state index is 11.9. The standard InChI is InChI=1S/C10H20N2O4S.ClH/c1-10(2)7-12(4-5-17(10,14)15)9(13)8(11)6-16-3;/h8H,4-7,11H2,1-3H3;1H. The minimum atomic E-state index is -3.13. The number of carbonyl (C=O) groups excluding carboxylic acids is 1. The van der Waals surface area contributed by atoms with E-state index in [0.29, 0.717) is 0 Å². The Balaban J connectivity index is 0.00000289. The molecule has 1 fully saturated rings. The number of hydrogen-bond donors (Lipinski definition) is 1. The van der Waals surface area contributed by atoms with Crippen molar-refractivity contribution in [3.63, 3.8) is 0 Å². The fourth-order valence-electron chi connectivity index (χ4n) is 1.82. The first kappa shape index (κ1) is 17.6. The van der Waals surface area contributed by atoms with Crippen LogP contribution in [0.2, 0.25) is 0 Å². The maximum absolute atomic E-state index is 11.9. The number of ether oxygens (including phenoxy) is 1. The van der Waals surface area contributed by atoms with Crippen molar-refractivity contribution >= 4 is 28.2 Å². The summed E-state index contributed by atoms with van der Waals surface area (Å²) >= 11 is 0. The Hall–Kier alpha value is -0.370. The number of halogens is 1. The Labute approximate surface area is 114 Å². The molecule has 1 saturated heterocycles. The summed E-state index contributed by atoms with van der Waals surface area (Å²) < 4.78 is 27.5. The lowest BCUT2D eigenvalue weighted by molar-refractivity contribution is -0.134. The van der Waals surface area contributed by atoms with Gasteiger partial charge in [0.25, 0.3) is 0 Å². The molecule has 1 heterocycles. The molecule has 1 atom stereocenters. The number of sulfone groups is 1. The molecule has 1 unspecified atom stereocenters. The molecule has 18 heavy (non-hydrogen) atoms. The van der Waals surface area contributed by atoms with E-state index in [0.717, 1.165) is 0 Å². The highest BCUT2D eigenvalue weighted by molar-refractivity contribution is 7.92. The summed E-state index contributed by atoms with van der Waals surface area (Å²) in [5, 5.41) is 0. The average molecular weight is 301 g/mol. The SMILES string of the molecule is COCC(N)C(=O)N1CCS(=O)(=O)C(C)(C)C1.Cl. The van der Waals surface area contributed by atoms with E-state index < -0.39 is 20.6 Å². The molecule has 2 N–H and O–H groups in total. The first-order valence-corrected chi connectivity index (χ1v) is 7.12. The molecule has 1 rings (SSSR count). The van der Waals surface area contributed by atoms with Crippen LogP contribution < -0.4 is 5.73 Å². The van der Waals surface area contributed by atoms with Gasteiger partial charge in [-0.3, -0.25) is 4.79 Å². The molecular formula is C10H21ClN2O4S. The van der Waals surface area contributed by atoms with Gasteiger partial charge < -0.3 is 15.4 Å². The molecule has 1 aliphatic heterocycles. The second kappa shape index (κ2) is 6.18. The van der Waals surface area contributed by atoms with Gasteiger partial charge in [0.1, 0.15) is 6.04 Å². The number of nitrogens with zero attached hydrogens (tertiary/aromatic N) is 1. The third-order valence-corrected chi connectivity index (χ3v) is 5.55. The van der Waals surface area contributed by atoms with Crippen molar-refractivity contribution < 1.29 is 17.9 Å². The average Bonchev–Trinajstić information content (AvgIpc) is 2.21. The number of carbonyl (C=O) groups is 1. The molecule has 0 aliphatic carbocycles. The van der Waals surface area contributed by atoms with Crippen molar-refractivity contribution in [2.24, 2.45) is 5.73 Å². The molecule has 108 valence electrons. The van der Waals surface area contributed by atoms with Crippen molar-refractivity contribution in [1.82, 2.24) is 4.90 Å². The Morgan fingerprint density at radius 3 is 2.50 bits per heavy atom. The van der Waals surface area contributed by atoms with Crippen LogP contribution in [0.3, 0.4) is 0 Å². The summed E-state index contributed by atoms with van der Waals surface area (Å²) in [6, 6.07) is -0.725. The summed E-state index contributed by atoms with van der Waals surface area (Å²) in [7, 11) is -1.66. The molecule has 0 saturated carbocycles. The van der Waals surface area contributed by atoms with E-state index in [1.165, 1.54) is 12.0 Å². The van der Waals surface area contributed by atoms with Gasteiger partial charge in [-0.05, 0) is 13.8 Å². The van der Waals surface area contributed by atoms with E-state index in [4.69, 9.17) is 10.5 Å². The van der Waals surface area contributed by atoms with Crippen molar-refractivity contribution in [3.05, 3.63) is 0 Å². The van der Waals surface area contributed by atoms with Crippen LogP contribution in [0.15, 0.2) is 0 Å². The lowest BCUT2D eigenvalue weighted by Gasteiger charge is -2.38. The van der Waals surface area contributed by atoms with Crippen LogP contribution in [0.25, 0.3) is 0 Å². The molecule has 0 aromatic rings. The van der Waals surface area contributed by atoms with E-state index >= 15 is 0 Å². The Morgan fingerprint density at radius 1 is 1.50 bits per heavy atom. The van der Waals surface area contributed by atoms with Gasteiger partial charge in [0.05, 0.1) is 17.1 Å². The maximum Gasteiger partial charge on any atom is 0.241 e. The monoisotopic (exact) mass is 300 g/mol. The van der Waals surface area contributed by atoms with E-state index in [9.17, 15) is 13.2 Å². The summed E-state index contributed by atoms with van der Waals surface area (Å²) in [6.45, 7) is 3.79. The lowest BCUT2D eigenvalue weighted by atomic mass is 10.1. The first-order chi connectivity index (χ1) is 7.71. The van der Waals surface area contributed by atoms with E-state index in [1.807, 2.05) is 0 Å². The van der Waals surface area contributed by atoms with Gasteiger partial charge in [0.2, 0.25) is 5.91 Å². The lowest BCUT2D eigenvalue weighted by Crippen LogP contribution is -2.58. The van der Waals surface area contributed by atoms with Crippen LogP contribution in [0.5, 0.6) is 0 Å². The predicted octanol–water partition coefficient (Wildman–Crippen LogP) is -0.582. The van der Waals surface area contributed by atoms with E-state index in [2.05, 4.69) is 0 Å². The number of nitrogens with two attached hydrogens (primary N) is 1. The van der Waals surface area contributed by atoms with Crippen LogP contribution in [0.4, 0.5) is 0 Å². The fourth-order valence-corrected chi connectivity index (χ4v) is 3.18. The number of rotatable bonds is 3. The van der Waals surface area contributed by atoms with Gasteiger partial charge in [0.15, 0.2) is 9.84 Å². The Morgan fingerprint density at radius 2 is 2.06 bits per heavy atom. The normalized spacial score (nSPS) is 23.0. The summed E-state index contributed by atoms with van der Waals surface area (Å²) in [5.41, 5.74) is 5.65. The van der Waals surface area contributed by atoms with Gasteiger partial charge >= 0.3 is 0 Å². The highest BCUT2D eigenvalue weighted by atomic mass is 35.5. The third-order valence-electron chi connectivity index (χ3n) is 3.02. The second-order valence-electron chi connectivity index (χ2n) is 4.90. The van der Waals surface area contributed by atoms with Crippen LogP contribution in [-0.4, -0.2) is 62.6 Å². The molecule has 1 amide bonds. The first-order valence-electron chi connectivity index (χ1n) is 5.47. The van der Waals surface area contributed by atoms with Gasteiger partial charge in [-0.1, -0.05) is 0 Å². The summed E-state index contributed by atoms with van der Waals surface area (Å²) in [5.74, 6) is -0.263. The quantitative estimate of drug-likeness (QED) is 0.753.